The summed E-state index contributed by atoms with van der Waals surface area (Å²) < 4.78 is 4.94. The number of aryl methyl sites for hydroxylation is 1. The molecule has 6 nitrogen and oxygen atoms in total. The number of rotatable bonds is 12. The average molecular weight is 376 g/mol. The number of amides is 1. The molecule has 1 rings (SSSR count). The number of carbonyl (C=O) groups is 3. The molecule has 0 N–H and O–H groups in total. The molecule has 0 atom stereocenters. The van der Waals surface area contributed by atoms with Gasteiger partial charge in [-0.1, -0.05) is 29.8 Å². The van der Waals surface area contributed by atoms with Gasteiger partial charge in [-0.15, -0.1) is 0 Å². The first-order valence-electron chi connectivity index (χ1n) is 9.51. The second-order valence-electron chi connectivity index (χ2n) is 6.88. The highest BCUT2D eigenvalue weighted by atomic mass is 16.5. The molecule has 0 radical (unpaired) electrons. The van der Waals surface area contributed by atoms with Gasteiger partial charge in [0.1, 0.15) is 0 Å². The van der Waals surface area contributed by atoms with Gasteiger partial charge in [0.05, 0.1) is 13.0 Å². The van der Waals surface area contributed by atoms with Gasteiger partial charge >= 0.3 is 5.97 Å². The van der Waals surface area contributed by atoms with E-state index in [1.165, 1.54) is 0 Å². The van der Waals surface area contributed by atoms with Crippen LogP contribution < -0.4 is 0 Å². The van der Waals surface area contributed by atoms with E-state index in [1.54, 1.807) is 24.0 Å². The van der Waals surface area contributed by atoms with Crippen molar-refractivity contribution in [2.24, 2.45) is 0 Å². The molecule has 0 saturated carbocycles. The van der Waals surface area contributed by atoms with Crippen LogP contribution in [0.4, 0.5) is 0 Å². The van der Waals surface area contributed by atoms with Crippen molar-refractivity contribution in [1.82, 2.24) is 9.80 Å². The zero-order chi connectivity index (χ0) is 20.2. The Bertz CT molecular complexity index is 611. The molecule has 1 amide bonds. The van der Waals surface area contributed by atoms with Crippen LogP contribution in [0.25, 0.3) is 0 Å². The number of ether oxygens (including phenoxy) is 1. The molecule has 1 aromatic rings. The van der Waals surface area contributed by atoms with Crippen LogP contribution >= 0.6 is 0 Å². The molecular formula is C21H32N2O4. The minimum atomic E-state index is -0.307. The zero-order valence-electron chi connectivity index (χ0n) is 17.0. The Morgan fingerprint density at radius 1 is 0.926 bits per heavy atom. The fourth-order valence-corrected chi connectivity index (χ4v) is 2.66. The summed E-state index contributed by atoms with van der Waals surface area (Å²) in [6, 6.07) is 7.36. The van der Waals surface area contributed by atoms with E-state index < -0.39 is 0 Å². The van der Waals surface area contributed by atoms with Gasteiger partial charge in [0.15, 0.2) is 5.78 Å². The summed E-state index contributed by atoms with van der Waals surface area (Å²) in [5.74, 6) is -0.445. The molecule has 0 spiro atoms. The highest BCUT2D eigenvalue weighted by Crippen LogP contribution is 2.10. The van der Waals surface area contributed by atoms with Gasteiger partial charge in [0, 0.05) is 31.5 Å². The van der Waals surface area contributed by atoms with E-state index in [4.69, 9.17) is 4.74 Å². The van der Waals surface area contributed by atoms with Crippen molar-refractivity contribution in [2.75, 3.05) is 40.3 Å². The lowest BCUT2D eigenvalue weighted by atomic mass is 10.0. The van der Waals surface area contributed by atoms with Crippen molar-refractivity contribution in [3.63, 3.8) is 0 Å². The standard InChI is InChI=1S/C21H32N2O4/c1-5-27-21(26)13-16-23(15-6-14-22(3)4)20(25)12-11-19(24)18-9-7-17(2)8-10-18/h7-10H,5-6,11-16H2,1-4H3. The van der Waals surface area contributed by atoms with Crippen LogP contribution in [0, 0.1) is 6.92 Å². The Morgan fingerprint density at radius 2 is 1.59 bits per heavy atom. The summed E-state index contributed by atoms with van der Waals surface area (Å²) in [6.45, 7) is 5.80. The SMILES string of the molecule is CCOC(=O)CCN(CCCN(C)C)C(=O)CCC(=O)c1ccc(C)cc1. The van der Waals surface area contributed by atoms with Crippen molar-refractivity contribution in [1.29, 1.82) is 0 Å². The third kappa shape index (κ3) is 9.33. The number of nitrogens with zero attached hydrogens (tertiary/aromatic N) is 2. The predicted molar refractivity (Wildman–Crippen MR) is 106 cm³/mol. The van der Waals surface area contributed by atoms with Gasteiger partial charge in [-0.25, -0.2) is 0 Å². The number of ketones is 1. The Labute approximate surface area is 162 Å². The molecular weight excluding hydrogens is 344 g/mol. The van der Waals surface area contributed by atoms with E-state index in [2.05, 4.69) is 4.90 Å². The third-order valence-corrected chi connectivity index (χ3v) is 4.22. The summed E-state index contributed by atoms with van der Waals surface area (Å²) in [5, 5.41) is 0. The number of esters is 1. The maximum Gasteiger partial charge on any atom is 0.307 e. The van der Waals surface area contributed by atoms with Gasteiger partial charge in [0.25, 0.3) is 0 Å². The third-order valence-electron chi connectivity index (χ3n) is 4.22. The van der Waals surface area contributed by atoms with Crippen LogP contribution in [0.15, 0.2) is 24.3 Å². The molecule has 150 valence electrons. The summed E-state index contributed by atoms with van der Waals surface area (Å²) in [6.07, 6.45) is 1.31. The molecule has 0 aliphatic rings. The first kappa shape index (κ1) is 22.8. The van der Waals surface area contributed by atoms with Crippen molar-refractivity contribution in [3.05, 3.63) is 35.4 Å². The van der Waals surface area contributed by atoms with Crippen LogP contribution in [0.5, 0.6) is 0 Å². The van der Waals surface area contributed by atoms with E-state index in [0.717, 1.165) is 18.5 Å². The molecule has 0 aliphatic heterocycles. The molecule has 0 heterocycles. The minimum Gasteiger partial charge on any atom is -0.466 e. The van der Waals surface area contributed by atoms with E-state index in [-0.39, 0.29) is 36.9 Å². The highest BCUT2D eigenvalue weighted by molar-refractivity contribution is 5.98. The average Bonchev–Trinajstić information content (AvgIpc) is 2.62. The van der Waals surface area contributed by atoms with Gasteiger partial charge in [-0.2, -0.15) is 0 Å². The largest absolute Gasteiger partial charge is 0.466 e. The van der Waals surface area contributed by atoms with Crippen LogP contribution in [-0.2, 0) is 14.3 Å². The lowest BCUT2D eigenvalue weighted by molar-refractivity contribution is -0.144. The number of carbonyl (C=O) groups excluding carboxylic acids is 3. The van der Waals surface area contributed by atoms with Crippen LogP contribution in [0.1, 0.15) is 48.5 Å². The molecule has 0 aromatic heterocycles. The number of Topliss-reactive ketones (excluding diaryl/α,β-unsaturated/α-hetero) is 1. The second kappa shape index (κ2) is 12.2. The lowest BCUT2D eigenvalue weighted by Crippen LogP contribution is -2.35. The summed E-state index contributed by atoms with van der Waals surface area (Å²) in [4.78, 5) is 40.2. The Balaban J connectivity index is 2.57. The summed E-state index contributed by atoms with van der Waals surface area (Å²) >= 11 is 0. The first-order valence-corrected chi connectivity index (χ1v) is 9.51. The monoisotopic (exact) mass is 376 g/mol. The summed E-state index contributed by atoms with van der Waals surface area (Å²) in [5.41, 5.74) is 1.72. The highest BCUT2D eigenvalue weighted by Gasteiger charge is 2.17. The normalized spacial score (nSPS) is 10.7. The number of hydrogen-bond acceptors (Lipinski definition) is 5. The smallest absolute Gasteiger partial charge is 0.307 e. The van der Waals surface area contributed by atoms with Gasteiger partial charge < -0.3 is 14.5 Å². The van der Waals surface area contributed by atoms with Gasteiger partial charge in [0.2, 0.25) is 5.91 Å². The van der Waals surface area contributed by atoms with Crippen molar-refractivity contribution in [3.8, 4) is 0 Å². The van der Waals surface area contributed by atoms with Gasteiger partial charge in [-0.3, -0.25) is 14.4 Å². The van der Waals surface area contributed by atoms with Crippen LogP contribution in [0.3, 0.4) is 0 Å². The minimum absolute atomic E-state index is 0.0398. The molecule has 1 aromatic carbocycles. The van der Waals surface area contributed by atoms with E-state index in [9.17, 15) is 14.4 Å². The van der Waals surface area contributed by atoms with Crippen molar-refractivity contribution < 1.29 is 19.1 Å². The Kier molecular flexibility index (Phi) is 10.3. The van der Waals surface area contributed by atoms with Crippen LogP contribution in [-0.4, -0.2) is 67.8 Å². The van der Waals surface area contributed by atoms with Crippen molar-refractivity contribution >= 4 is 17.7 Å². The predicted octanol–water partition coefficient (Wildman–Crippen LogP) is 2.69. The molecule has 6 heteroatoms. The topological polar surface area (TPSA) is 66.9 Å². The Morgan fingerprint density at radius 3 is 2.19 bits per heavy atom. The fourth-order valence-electron chi connectivity index (χ4n) is 2.66. The number of hydrogen-bond donors (Lipinski definition) is 0. The first-order chi connectivity index (χ1) is 12.8. The zero-order valence-corrected chi connectivity index (χ0v) is 17.0. The van der Waals surface area contributed by atoms with E-state index in [1.807, 2.05) is 33.2 Å². The van der Waals surface area contributed by atoms with Crippen LogP contribution in [0.2, 0.25) is 0 Å². The molecule has 0 bridgehead atoms. The molecule has 0 saturated heterocycles. The number of benzene rings is 1. The second-order valence-corrected chi connectivity index (χ2v) is 6.88. The fraction of sp³-hybridized carbons (Fsp3) is 0.571. The lowest BCUT2D eigenvalue weighted by Gasteiger charge is -2.23. The van der Waals surface area contributed by atoms with E-state index >= 15 is 0 Å². The summed E-state index contributed by atoms with van der Waals surface area (Å²) in [7, 11) is 3.95. The molecule has 0 fully saturated rings. The quantitative estimate of drug-likeness (QED) is 0.414. The maximum atomic E-state index is 12.6. The van der Waals surface area contributed by atoms with Gasteiger partial charge in [-0.05, 0) is 40.9 Å². The van der Waals surface area contributed by atoms with Crippen molar-refractivity contribution in [2.45, 2.75) is 39.5 Å². The molecule has 0 unspecified atom stereocenters. The maximum absolute atomic E-state index is 12.6. The molecule has 27 heavy (non-hydrogen) atoms. The Hall–Kier alpha value is -2.21. The molecule has 0 aliphatic carbocycles. The van der Waals surface area contributed by atoms with E-state index in [0.29, 0.717) is 25.3 Å².